The smallest absolute Gasteiger partial charge is 0.341 e. The highest BCUT2D eigenvalue weighted by atomic mass is 35.5. The second-order valence-corrected chi connectivity index (χ2v) is 8.85. The van der Waals surface area contributed by atoms with Gasteiger partial charge in [0.2, 0.25) is 5.43 Å². The van der Waals surface area contributed by atoms with Gasteiger partial charge in [-0.1, -0.05) is 13.8 Å². The fraction of sp³-hybridized carbons (Fsp3) is 0.524. The van der Waals surface area contributed by atoms with Crippen LogP contribution in [-0.2, 0) is 0 Å². The summed E-state index contributed by atoms with van der Waals surface area (Å²) < 4.78 is 17.1. The number of aryl methyl sites for hydroxylation is 1. The number of aromatic nitrogens is 1. The van der Waals surface area contributed by atoms with E-state index in [9.17, 15) is 14.7 Å². The van der Waals surface area contributed by atoms with Crippen LogP contribution < -0.4 is 16.1 Å². The van der Waals surface area contributed by atoms with Gasteiger partial charge in [0.05, 0.1) is 11.2 Å². The second kappa shape index (κ2) is 7.29. The van der Waals surface area contributed by atoms with Gasteiger partial charge in [-0.15, -0.1) is 12.4 Å². The molecule has 29 heavy (non-hydrogen) atoms. The van der Waals surface area contributed by atoms with E-state index in [-0.39, 0.29) is 40.9 Å². The minimum Gasteiger partial charge on any atom is -0.477 e. The molecule has 0 amide bonds. The summed E-state index contributed by atoms with van der Waals surface area (Å²) >= 11 is 0. The summed E-state index contributed by atoms with van der Waals surface area (Å²) in [5.74, 6) is -1.77. The summed E-state index contributed by atoms with van der Waals surface area (Å²) in [6.45, 7) is 7.25. The Labute approximate surface area is 174 Å². The van der Waals surface area contributed by atoms with Crippen LogP contribution in [0.5, 0.6) is 0 Å². The Kier molecular flexibility index (Phi) is 5.43. The molecule has 2 aromatic rings. The minimum absolute atomic E-state index is 0. The Hall–Kier alpha value is -2.12. The molecule has 1 aliphatic carbocycles. The van der Waals surface area contributed by atoms with Gasteiger partial charge in [0, 0.05) is 36.8 Å². The van der Waals surface area contributed by atoms with Gasteiger partial charge in [0.15, 0.2) is 0 Å². The normalized spacial score (nSPS) is 21.1. The van der Waals surface area contributed by atoms with Gasteiger partial charge in [-0.3, -0.25) is 4.79 Å². The molecule has 2 heterocycles. The fourth-order valence-electron chi connectivity index (χ4n) is 4.42. The minimum atomic E-state index is -1.28. The first-order valence-electron chi connectivity index (χ1n) is 9.73. The zero-order valence-corrected chi connectivity index (χ0v) is 17.7. The second-order valence-electron chi connectivity index (χ2n) is 8.85. The Morgan fingerprint density at radius 3 is 2.52 bits per heavy atom. The molecule has 6 nitrogen and oxygen atoms in total. The predicted octanol–water partition coefficient (Wildman–Crippen LogP) is 3.47. The zero-order chi connectivity index (χ0) is 20.4. The first-order valence-corrected chi connectivity index (χ1v) is 9.73. The van der Waals surface area contributed by atoms with Crippen molar-refractivity contribution in [3.05, 3.63) is 39.4 Å². The molecular weight excluding hydrogens is 397 g/mol. The summed E-state index contributed by atoms with van der Waals surface area (Å²) in [6, 6.07) is 1.42. The predicted molar refractivity (Wildman–Crippen MR) is 114 cm³/mol. The third-order valence-electron chi connectivity index (χ3n) is 6.28. The highest BCUT2D eigenvalue weighted by Crippen LogP contribution is 2.41. The quantitative estimate of drug-likeness (QED) is 0.789. The molecule has 158 valence electrons. The van der Waals surface area contributed by atoms with Gasteiger partial charge in [-0.05, 0) is 43.2 Å². The lowest BCUT2D eigenvalue weighted by Gasteiger charge is -2.44. The third kappa shape index (κ3) is 3.51. The van der Waals surface area contributed by atoms with Crippen molar-refractivity contribution < 1.29 is 14.3 Å². The Balaban J connectivity index is 0.00000240. The van der Waals surface area contributed by atoms with Crippen LogP contribution in [0.1, 0.15) is 55.1 Å². The van der Waals surface area contributed by atoms with Crippen LogP contribution in [-0.4, -0.2) is 34.8 Å². The van der Waals surface area contributed by atoms with Crippen molar-refractivity contribution in [1.82, 2.24) is 4.57 Å². The third-order valence-corrected chi connectivity index (χ3v) is 6.28. The van der Waals surface area contributed by atoms with Crippen molar-refractivity contribution in [2.75, 3.05) is 18.0 Å². The Bertz CT molecular complexity index is 1050. The molecule has 2 fully saturated rings. The number of carboxylic acid groups (broad SMARTS) is 1. The number of hydrogen-bond acceptors (Lipinski definition) is 4. The lowest BCUT2D eigenvalue weighted by molar-refractivity contribution is 0.0695. The molecule has 4 rings (SSSR count). The molecule has 1 aromatic carbocycles. The monoisotopic (exact) mass is 423 g/mol. The maximum absolute atomic E-state index is 15.2. The molecule has 0 radical (unpaired) electrons. The number of piperidine rings is 1. The van der Waals surface area contributed by atoms with Crippen molar-refractivity contribution in [3.8, 4) is 0 Å². The number of benzene rings is 1. The number of carboxylic acids is 1. The van der Waals surface area contributed by atoms with Crippen LogP contribution in [0, 0.1) is 18.2 Å². The molecule has 3 N–H and O–H groups in total. The average Bonchev–Trinajstić information content (AvgIpc) is 3.43. The number of aromatic carboxylic acids is 1. The van der Waals surface area contributed by atoms with Crippen LogP contribution in [0.25, 0.3) is 10.9 Å². The van der Waals surface area contributed by atoms with E-state index in [4.69, 9.17) is 5.73 Å². The van der Waals surface area contributed by atoms with Gasteiger partial charge in [-0.2, -0.15) is 0 Å². The van der Waals surface area contributed by atoms with E-state index in [1.807, 2.05) is 16.4 Å². The summed E-state index contributed by atoms with van der Waals surface area (Å²) in [5, 5.41) is 9.54. The van der Waals surface area contributed by atoms with Crippen molar-refractivity contribution in [3.63, 3.8) is 0 Å². The molecule has 8 heteroatoms. The van der Waals surface area contributed by atoms with Crippen molar-refractivity contribution in [1.29, 1.82) is 0 Å². The van der Waals surface area contributed by atoms with E-state index in [0.29, 0.717) is 29.9 Å². The van der Waals surface area contributed by atoms with Gasteiger partial charge in [0.1, 0.15) is 11.4 Å². The number of carbonyl (C=O) groups is 1. The highest BCUT2D eigenvalue weighted by molar-refractivity contribution is 5.95. The lowest BCUT2D eigenvalue weighted by atomic mass is 9.79. The molecule has 1 aromatic heterocycles. The standard InChI is InChI=1S/C21H26FN3O3.ClH/c1-11-17-13(19(26)14(20(27)28)9-25(17)12-4-5-12)8-15(22)18(11)24-7-6-16(23)21(2,3)10-24;/h8-9,12,16H,4-7,10,23H2,1-3H3,(H,27,28);1H. The SMILES string of the molecule is Cc1c(N2CCC(N)C(C)(C)C2)c(F)cc2c(=O)c(C(=O)O)cn(C3CC3)c12.Cl. The van der Waals surface area contributed by atoms with Gasteiger partial charge in [0.25, 0.3) is 0 Å². The van der Waals surface area contributed by atoms with Crippen molar-refractivity contribution in [2.45, 2.75) is 52.1 Å². The number of fused-ring (bicyclic) bond motifs is 1. The summed E-state index contributed by atoms with van der Waals surface area (Å²) in [5.41, 5.74) is 6.95. The van der Waals surface area contributed by atoms with Gasteiger partial charge < -0.3 is 20.3 Å². The molecule has 0 spiro atoms. The number of rotatable bonds is 3. The van der Waals surface area contributed by atoms with Crippen molar-refractivity contribution >= 4 is 35.0 Å². The molecule has 2 aliphatic rings. The maximum Gasteiger partial charge on any atom is 0.341 e. The van der Waals surface area contributed by atoms with Crippen LogP contribution in [0.4, 0.5) is 10.1 Å². The zero-order valence-electron chi connectivity index (χ0n) is 16.9. The number of anilines is 1. The van der Waals surface area contributed by atoms with E-state index in [1.165, 1.54) is 12.3 Å². The maximum atomic E-state index is 15.2. The van der Waals surface area contributed by atoms with Crippen molar-refractivity contribution in [2.24, 2.45) is 11.1 Å². The van der Waals surface area contributed by atoms with Crippen LogP contribution in [0.15, 0.2) is 17.1 Å². The summed E-state index contributed by atoms with van der Waals surface area (Å²) in [4.78, 5) is 26.2. The fourth-order valence-corrected chi connectivity index (χ4v) is 4.42. The highest BCUT2D eigenvalue weighted by Gasteiger charge is 2.36. The molecule has 0 bridgehead atoms. The van der Waals surface area contributed by atoms with E-state index in [0.717, 1.165) is 19.3 Å². The van der Waals surface area contributed by atoms with Crippen LogP contribution >= 0.6 is 12.4 Å². The first kappa shape index (κ1) is 21.6. The van der Waals surface area contributed by atoms with Crippen LogP contribution in [0.2, 0.25) is 0 Å². The summed E-state index contributed by atoms with van der Waals surface area (Å²) in [7, 11) is 0. The molecule has 1 atom stereocenters. The number of hydrogen-bond donors (Lipinski definition) is 2. The topological polar surface area (TPSA) is 88.6 Å². The molecule has 1 saturated heterocycles. The Morgan fingerprint density at radius 2 is 1.97 bits per heavy atom. The van der Waals surface area contributed by atoms with E-state index in [2.05, 4.69) is 13.8 Å². The number of halogens is 2. The molecule has 1 saturated carbocycles. The molecular formula is C21H27ClFN3O3. The largest absolute Gasteiger partial charge is 0.477 e. The van der Waals surface area contributed by atoms with E-state index < -0.39 is 17.2 Å². The average molecular weight is 424 g/mol. The summed E-state index contributed by atoms with van der Waals surface area (Å²) in [6.07, 6.45) is 4.04. The van der Waals surface area contributed by atoms with Gasteiger partial charge >= 0.3 is 5.97 Å². The number of nitrogens with zero attached hydrogens (tertiary/aromatic N) is 2. The lowest BCUT2D eigenvalue weighted by Crippen LogP contribution is -2.52. The molecule has 1 unspecified atom stereocenters. The number of nitrogens with two attached hydrogens (primary N) is 1. The van der Waals surface area contributed by atoms with Gasteiger partial charge in [-0.25, -0.2) is 9.18 Å². The van der Waals surface area contributed by atoms with E-state index in [1.54, 1.807) is 0 Å². The number of pyridine rings is 1. The first-order chi connectivity index (χ1) is 13.1. The Morgan fingerprint density at radius 1 is 1.31 bits per heavy atom. The van der Waals surface area contributed by atoms with E-state index >= 15 is 4.39 Å². The molecule has 1 aliphatic heterocycles. The van der Waals surface area contributed by atoms with Crippen LogP contribution in [0.3, 0.4) is 0 Å².